The van der Waals surface area contributed by atoms with E-state index in [0.717, 1.165) is 6.20 Å². The van der Waals surface area contributed by atoms with Crippen LogP contribution in [0, 0.1) is 0 Å². The van der Waals surface area contributed by atoms with Gasteiger partial charge < -0.3 is 14.4 Å². The minimum Gasteiger partial charge on any atom is -0.486 e. The topological polar surface area (TPSA) is 47.5 Å². The van der Waals surface area contributed by atoms with Crippen molar-refractivity contribution in [2.45, 2.75) is 58.9 Å². The zero-order valence-electron chi connectivity index (χ0n) is 17.2. The van der Waals surface area contributed by atoms with E-state index >= 15 is 0 Å². The lowest BCUT2D eigenvalue weighted by Crippen LogP contribution is -2.27. The molecule has 0 unspecified atom stereocenters. The van der Waals surface area contributed by atoms with E-state index in [1.54, 1.807) is 45.0 Å². The van der Waals surface area contributed by atoms with E-state index < -0.39 is 22.9 Å². The Morgan fingerprint density at radius 3 is 2.00 bits per heavy atom. The van der Waals surface area contributed by atoms with Crippen LogP contribution in [0.15, 0.2) is 30.5 Å². The summed E-state index contributed by atoms with van der Waals surface area (Å²) in [6.07, 6.45) is -3.88. The first-order valence-corrected chi connectivity index (χ1v) is 8.82. The normalized spacial score (nSPS) is 12.6. The van der Waals surface area contributed by atoms with Gasteiger partial charge in [-0.15, -0.1) is 0 Å². The smallest absolute Gasteiger partial charge is 0.421 e. The van der Waals surface area contributed by atoms with Crippen LogP contribution in [-0.4, -0.2) is 28.2 Å². The fourth-order valence-electron chi connectivity index (χ4n) is 2.40. The molecule has 0 fully saturated rings. The van der Waals surface area contributed by atoms with E-state index in [1.807, 2.05) is 20.8 Å². The number of hydrogen-bond donors (Lipinski definition) is 0. The van der Waals surface area contributed by atoms with Gasteiger partial charge in [-0.25, -0.2) is 4.98 Å². The Hall–Kier alpha value is -2.51. The van der Waals surface area contributed by atoms with Crippen LogP contribution in [0.2, 0.25) is 0 Å². The molecule has 2 aromatic rings. The van der Waals surface area contributed by atoms with E-state index in [9.17, 15) is 13.2 Å². The fraction of sp³-hybridized carbons (Fsp3) is 0.500. The molecule has 0 aliphatic carbocycles. The molecule has 0 N–H and O–H groups in total. The predicted octanol–water partition coefficient (Wildman–Crippen LogP) is 5.62. The molecule has 0 saturated heterocycles. The highest BCUT2D eigenvalue weighted by Gasteiger charge is 2.37. The summed E-state index contributed by atoms with van der Waals surface area (Å²) in [4.78, 5) is 9.13. The highest BCUT2D eigenvalue weighted by molar-refractivity contribution is 5.68. The predicted molar refractivity (Wildman–Crippen MR) is 102 cm³/mol. The Morgan fingerprint density at radius 1 is 0.893 bits per heavy atom. The molecule has 0 spiro atoms. The number of nitrogens with zero attached hydrogens (tertiary/aromatic N) is 3. The Kier molecular flexibility index (Phi) is 5.82. The summed E-state index contributed by atoms with van der Waals surface area (Å²) in [6, 6.07) is 6.74. The third kappa shape index (κ3) is 5.74. The third-order valence-electron chi connectivity index (χ3n) is 3.41. The maximum Gasteiger partial charge on any atom is 0.421 e. The van der Waals surface area contributed by atoms with E-state index in [2.05, 4.69) is 9.97 Å². The Bertz CT molecular complexity index is 825. The molecule has 1 aromatic carbocycles. The minimum atomic E-state index is -4.62. The quantitative estimate of drug-likeness (QED) is 0.670. The minimum absolute atomic E-state index is 0.128. The third-order valence-corrected chi connectivity index (χ3v) is 3.41. The van der Waals surface area contributed by atoms with Crippen molar-refractivity contribution in [1.82, 2.24) is 9.97 Å². The lowest BCUT2D eigenvalue weighted by atomic mass is 10.1. The molecule has 0 saturated carbocycles. The van der Waals surface area contributed by atoms with Crippen molar-refractivity contribution in [3.63, 3.8) is 0 Å². The summed E-state index contributed by atoms with van der Waals surface area (Å²) in [5.74, 6) is 0.134. The summed E-state index contributed by atoms with van der Waals surface area (Å²) in [5, 5.41) is 0. The Morgan fingerprint density at radius 2 is 1.46 bits per heavy atom. The summed E-state index contributed by atoms with van der Waals surface area (Å²) in [7, 11) is 1.50. The van der Waals surface area contributed by atoms with Gasteiger partial charge in [0.05, 0.1) is 5.69 Å². The maximum atomic E-state index is 13.6. The van der Waals surface area contributed by atoms with E-state index in [4.69, 9.17) is 9.47 Å². The number of aromatic nitrogens is 2. The number of halogens is 3. The summed E-state index contributed by atoms with van der Waals surface area (Å²) < 4.78 is 52.2. The number of alkyl halides is 3. The molecule has 1 heterocycles. The average molecular weight is 397 g/mol. The number of ether oxygens (including phenoxy) is 2. The van der Waals surface area contributed by atoms with Crippen LogP contribution in [0.25, 0.3) is 0 Å². The van der Waals surface area contributed by atoms with Gasteiger partial charge >= 0.3 is 12.2 Å². The van der Waals surface area contributed by atoms with Crippen molar-refractivity contribution in [3.8, 4) is 11.8 Å². The molecule has 0 amide bonds. The molecule has 5 nitrogen and oxygen atoms in total. The van der Waals surface area contributed by atoms with Crippen LogP contribution >= 0.6 is 0 Å². The number of para-hydroxylation sites is 2. The number of rotatable bonds is 4. The van der Waals surface area contributed by atoms with Crippen LogP contribution in [0.5, 0.6) is 11.8 Å². The van der Waals surface area contributed by atoms with Crippen molar-refractivity contribution >= 4 is 11.5 Å². The van der Waals surface area contributed by atoms with Gasteiger partial charge in [-0.05, 0) is 53.7 Å². The number of benzene rings is 1. The fourth-order valence-corrected chi connectivity index (χ4v) is 2.40. The van der Waals surface area contributed by atoms with Gasteiger partial charge in [0, 0.05) is 13.2 Å². The van der Waals surface area contributed by atoms with Gasteiger partial charge in [0.25, 0.3) is 0 Å². The molecule has 1 aromatic heterocycles. The maximum absolute atomic E-state index is 13.6. The van der Waals surface area contributed by atoms with Crippen molar-refractivity contribution < 1.29 is 22.6 Å². The van der Waals surface area contributed by atoms with Gasteiger partial charge in [0.1, 0.15) is 22.5 Å². The lowest BCUT2D eigenvalue weighted by molar-refractivity contribution is -0.137. The van der Waals surface area contributed by atoms with Crippen LogP contribution < -0.4 is 14.4 Å². The SMILES string of the molecule is CN(c1ccccc1OC(C)(C)C)c1nc(OC(C)(C)C)ncc1C(F)(F)F. The first kappa shape index (κ1) is 21.8. The molecule has 0 aliphatic heterocycles. The first-order valence-electron chi connectivity index (χ1n) is 8.82. The van der Waals surface area contributed by atoms with Crippen molar-refractivity contribution in [1.29, 1.82) is 0 Å². The van der Waals surface area contributed by atoms with Crippen molar-refractivity contribution in [2.24, 2.45) is 0 Å². The lowest BCUT2D eigenvalue weighted by Gasteiger charge is -2.28. The first-order chi connectivity index (χ1) is 12.7. The van der Waals surface area contributed by atoms with Gasteiger partial charge in [0.15, 0.2) is 5.82 Å². The summed E-state index contributed by atoms with van der Waals surface area (Å²) >= 11 is 0. The number of anilines is 2. The van der Waals surface area contributed by atoms with E-state index in [1.165, 1.54) is 11.9 Å². The molecule has 0 radical (unpaired) electrons. The highest BCUT2D eigenvalue weighted by atomic mass is 19.4. The molecular weight excluding hydrogens is 371 g/mol. The second-order valence-corrected chi connectivity index (χ2v) is 8.34. The van der Waals surface area contributed by atoms with Gasteiger partial charge in [-0.2, -0.15) is 18.2 Å². The van der Waals surface area contributed by atoms with E-state index in [-0.39, 0.29) is 11.8 Å². The zero-order chi connectivity index (χ0) is 21.3. The largest absolute Gasteiger partial charge is 0.486 e. The van der Waals surface area contributed by atoms with Gasteiger partial charge in [-0.3, -0.25) is 0 Å². The molecule has 0 bridgehead atoms. The molecule has 2 rings (SSSR count). The standard InChI is InChI=1S/C20H26F3N3O2/c1-18(2,3)27-15-11-9-8-10-14(15)26(7)16-13(20(21,22)23)12-24-17(25-16)28-19(4,5)6/h8-12H,1-7H3. The highest BCUT2D eigenvalue weighted by Crippen LogP contribution is 2.40. The average Bonchev–Trinajstić information content (AvgIpc) is 2.50. The molecule has 0 atom stereocenters. The Balaban J connectivity index is 2.57. The van der Waals surface area contributed by atoms with Crippen LogP contribution in [0.4, 0.5) is 24.7 Å². The molecule has 8 heteroatoms. The number of hydrogen-bond acceptors (Lipinski definition) is 5. The van der Waals surface area contributed by atoms with Crippen LogP contribution in [0.3, 0.4) is 0 Å². The molecular formula is C20H26F3N3O2. The van der Waals surface area contributed by atoms with E-state index in [0.29, 0.717) is 11.4 Å². The molecule has 154 valence electrons. The van der Waals surface area contributed by atoms with Gasteiger partial charge in [-0.1, -0.05) is 12.1 Å². The van der Waals surface area contributed by atoms with Crippen molar-refractivity contribution in [2.75, 3.05) is 11.9 Å². The summed E-state index contributed by atoms with van der Waals surface area (Å²) in [5.41, 5.74) is -1.68. The summed E-state index contributed by atoms with van der Waals surface area (Å²) in [6.45, 7) is 10.9. The van der Waals surface area contributed by atoms with Crippen LogP contribution in [-0.2, 0) is 6.18 Å². The van der Waals surface area contributed by atoms with Crippen LogP contribution in [0.1, 0.15) is 47.1 Å². The zero-order valence-corrected chi connectivity index (χ0v) is 17.2. The second-order valence-electron chi connectivity index (χ2n) is 8.34. The van der Waals surface area contributed by atoms with Crippen molar-refractivity contribution in [3.05, 3.63) is 36.0 Å². The Labute approximate surface area is 163 Å². The van der Waals surface area contributed by atoms with Gasteiger partial charge in [0.2, 0.25) is 0 Å². The second kappa shape index (κ2) is 7.48. The molecule has 28 heavy (non-hydrogen) atoms. The monoisotopic (exact) mass is 397 g/mol. The molecule has 0 aliphatic rings.